The average molecular weight is 321 g/mol. The number of halogens is 2. The van der Waals surface area contributed by atoms with E-state index in [1.807, 2.05) is 0 Å². The molecule has 0 saturated heterocycles. The molecule has 0 spiro atoms. The van der Waals surface area contributed by atoms with Gasteiger partial charge in [0.15, 0.2) is 0 Å². The van der Waals surface area contributed by atoms with Gasteiger partial charge in [-0.05, 0) is 17.5 Å². The number of aliphatic hydroxyl groups excluding tert-OH is 2. The Morgan fingerprint density at radius 2 is 1.75 bits per heavy atom. The molecule has 1 heterocycles. The van der Waals surface area contributed by atoms with Gasteiger partial charge in [0.2, 0.25) is 0 Å². The molecule has 0 bridgehead atoms. The van der Waals surface area contributed by atoms with Crippen molar-refractivity contribution in [3.8, 4) is 11.5 Å². The van der Waals surface area contributed by atoms with Crippen LogP contribution < -0.4 is 5.63 Å². The first-order valence-corrected chi connectivity index (χ1v) is 6.32. The maximum atomic E-state index is 11.8. The number of hydrogen-bond donors (Lipinski definition) is 4. The lowest BCUT2D eigenvalue weighted by Crippen LogP contribution is -2.25. The Morgan fingerprint density at radius 3 is 2.35 bits per heavy atom. The lowest BCUT2D eigenvalue weighted by Gasteiger charge is -2.17. The largest absolute Gasteiger partial charge is 0.508 e. The Morgan fingerprint density at radius 1 is 1.10 bits per heavy atom. The van der Waals surface area contributed by atoms with Crippen molar-refractivity contribution in [3.05, 3.63) is 34.4 Å². The quantitative estimate of drug-likeness (QED) is 0.636. The van der Waals surface area contributed by atoms with Crippen LogP contribution >= 0.6 is 23.2 Å². The van der Waals surface area contributed by atoms with Gasteiger partial charge in [-0.15, -0.1) is 23.2 Å². The summed E-state index contributed by atoms with van der Waals surface area (Å²) in [5.41, 5.74) is -0.929. The SMILES string of the molecule is O=c1oc(C(O)C(O)C(Cl)Cl)cc2cc(O)cc(O)c12. The van der Waals surface area contributed by atoms with E-state index in [0.717, 1.165) is 6.07 Å². The van der Waals surface area contributed by atoms with Gasteiger partial charge in [-0.25, -0.2) is 4.79 Å². The van der Waals surface area contributed by atoms with Gasteiger partial charge in [-0.1, -0.05) is 0 Å². The highest BCUT2D eigenvalue weighted by Crippen LogP contribution is 2.30. The summed E-state index contributed by atoms with van der Waals surface area (Å²) in [7, 11) is 0. The first-order chi connectivity index (χ1) is 9.31. The summed E-state index contributed by atoms with van der Waals surface area (Å²) in [6.45, 7) is 0. The second-order valence-electron chi connectivity index (χ2n) is 4.14. The molecule has 2 unspecified atom stereocenters. The number of benzene rings is 1. The number of aromatic hydroxyl groups is 2. The monoisotopic (exact) mass is 320 g/mol. The molecule has 2 atom stereocenters. The van der Waals surface area contributed by atoms with Crippen LogP contribution in [0.2, 0.25) is 0 Å². The van der Waals surface area contributed by atoms with Crippen molar-refractivity contribution >= 4 is 34.0 Å². The first-order valence-electron chi connectivity index (χ1n) is 5.45. The number of aliphatic hydroxyl groups is 2. The molecule has 6 nitrogen and oxygen atoms in total. The number of alkyl halides is 2. The molecule has 8 heteroatoms. The van der Waals surface area contributed by atoms with E-state index in [1.54, 1.807) is 0 Å². The van der Waals surface area contributed by atoms with Crippen LogP contribution in [0.25, 0.3) is 10.8 Å². The van der Waals surface area contributed by atoms with Crippen LogP contribution in [-0.2, 0) is 0 Å². The zero-order chi connectivity index (χ0) is 15.0. The maximum Gasteiger partial charge on any atom is 0.347 e. The lowest BCUT2D eigenvalue weighted by molar-refractivity contribution is 0.0121. The Kier molecular flexibility index (Phi) is 4.10. The van der Waals surface area contributed by atoms with E-state index >= 15 is 0 Å². The molecule has 0 saturated carbocycles. The summed E-state index contributed by atoms with van der Waals surface area (Å²) in [4.78, 5) is 10.5. The zero-order valence-corrected chi connectivity index (χ0v) is 11.3. The van der Waals surface area contributed by atoms with Crippen LogP contribution in [0.3, 0.4) is 0 Å². The van der Waals surface area contributed by atoms with Gasteiger partial charge in [-0.2, -0.15) is 0 Å². The van der Waals surface area contributed by atoms with Gasteiger partial charge >= 0.3 is 5.63 Å². The van der Waals surface area contributed by atoms with E-state index in [0.29, 0.717) is 0 Å². The molecule has 2 aromatic rings. The van der Waals surface area contributed by atoms with Crippen LogP contribution in [0.5, 0.6) is 11.5 Å². The van der Waals surface area contributed by atoms with Crippen molar-refractivity contribution in [3.63, 3.8) is 0 Å². The lowest BCUT2D eigenvalue weighted by atomic mass is 10.1. The minimum atomic E-state index is -1.63. The fraction of sp³-hybridized carbons (Fsp3) is 0.250. The van der Waals surface area contributed by atoms with Gasteiger partial charge in [0.05, 0.1) is 0 Å². The normalized spacial score (nSPS) is 14.7. The van der Waals surface area contributed by atoms with E-state index in [4.69, 9.17) is 27.6 Å². The van der Waals surface area contributed by atoms with E-state index in [9.17, 15) is 25.2 Å². The second-order valence-corrected chi connectivity index (χ2v) is 5.30. The third-order valence-electron chi connectivity index (χ3n) is 2.72. The molecule has 0 radical (unpaired) electrons. The Labute approximate surface area is 122 Å². The van der Waals surface area contributed by atoms with E-state index in [1.165, 1.54) is 12.1 Å². The van der Waals surface area contributed by atoms with Crippen molar-refractivity contribution in [1.82, 2.24) is 0 Å². The number of rotatable bonds is 3. The Hall–Kier alpha value is -1.47. The summed E-state index contributed by atoms with van der Waals surface area (Å²) < 4.78 is 4.82. The fourth-order valence-electron chi connectivity index (χ4n) is 1.76. The third kappa shape index (κ3) is 2.69. The fourth-order valence-corrected chi connectivity index (χ4v) is 2.04. The van der Waals surface area contributed by atoms with Crippen molar-refractivity contribution < 1.29 is 24.8 Å². The number of hydrogen-bond acceptors (Lipinski definition) is 6. The molecule has 1 aromatic carbocycles. The highest BCUT2D eigenvalue weighted by atomic mass is 35.5. The molecule has 0 amide bonds. The van der Waals surface area contributed by atoms with Gasteiger partial charge in [0.1, 0.15) is 39.7 Å². The van der Waals surface area contributed by atoms with E-state index in [2.05, 4.69) is 0 Å². The van der Waals surface area contributed by atoms with Gasteiger partial charge in [0.25, 0.3) is 0 Å². The predicted molar refractivity (Wildman–Crippen MR) is 72.3 cm³/mol. The van der Waals surface area contributed by atoms with Crippen molar-refractivity contribution in [2.75, 3.05) is 0 Å². The van der Waals surface area contributed by atoms with Crippen molar-refractivity contribution in [2.45, 2.75) is 17.0 Å². The molecule has 20 heavy (non-hydrogen) atoms. The predicted octanol–water partition coefficient (Wildman–Crippen LogP) is 1.40. The van der Waals surface area contributed by atoms with Gasteiger partial charge < -0.3 is 24.8 Å². The molecule has 0 fully saturated rings. The molecule has 0 aliphatic heterocycles. The van der Waals surface area contributed by atoms with E-state index in [-0.39, 0.29) is 22.3 Å². The average Bonchev–Trinajstić information content (AvgIpc) is 2.35. The smallest absolute Gasteiger partial charge is 0.347 e. The highest BCUT2D eigenvalue weighted by molar-refractivity contribution is 6.44. The molecule has 108 valence electrons. The summed E-state index contributed by atoms with van der Waals surface area (Å²) in [5.74, 6) is -1.01. The first kappa shape index (κ1) is 14.9. The summed E-state index contributed by atoms with van der Waals surface area (Å²) in [5, 5.41) is 38.3. The number of fused-ring (bicyclic) bond motifs is 1. The van der Waals surface area contributed by atoms with Crippen LogP contribution in [0.4, 0.5) is 0 Å². The molecule has 0 aliphatic carbocycles. The standard InChI is InChI=1S/C12H10Cl2O6/c13-11(14)10(18)9(17)7-2-4-1-5(15)3-6(16)8(4)12(19)20-7/h1-3,9-11,15-18H. The second kappa shape index (κ2) is 5.49. The molecule has 1 aromatic heterocycles. The van der Waals surface area contributed by atoms with Crippen molar-refractivity contribution in [1.29, 1.82) is 0 Å². The van der Waals surface area contributed by atoms with Crippen LogP contribution in [0.1, 0.15) is 11.9 Å². The topological polar surface area (TPSA) is 111 Å². The Balaban J connectivity index is 2.61. The van der Waals surface area contributed by atoms with Crippen LogP contribution in [-0.4, -0.2) is 31.4 Å². The summed E-state index contributed by atoms with van der Waals surface area (Å²) in [6.07, 6.45) is -3.19. The van der Waals surface area contributed by atoms with Gasteiger partial charge in [-0.3, -0.25) is 0 Å². The minimum Gasteiger partial charge on any atom is -0.508 e. The molecule has 0 aliphatic rings. The minimum absolute atomic E-state index is 0.140. The van der Waals surface area contributed by atoms with Crippen LogP contribution in [0, 0.1) is 0 Å². The third-order valence-corrected chi connectivity index (χ3v) is 3.23. The molecule has 4 N–H and O–H groups in total. The number of phenols is 2. The molecular weight excluding hydrogens is 311 g/mol. The van der Waals surface area contributed by atoms with Crippen molar-refractivity contribution in [2.24, 2.45) is 0 Å². The summed E-state index contributed by atoms with van der Waals surface area (Å²) in [6, 6.07) is 3.38. The van der Waals surface area contributed by atoms with Gasteiger partial charge in [0, 0.05) is 6.07 Å². The molecule has 2 rings (SSSR count). The summed E-state index contributed by atoms with van der Waals surface area (Å²) >= 11 is 10.9. The van der Waals surface area contributed by atoms with Crippen LogP contribution in [0.15, 0.2) is 27.4 Å². The molecular formula is C12H10Cl2O6. The zero-order valence-electron chi connectivity index (χ0n) is 9.83. The Bertz CT molecular complexity index is 696. The van der Waals surface area contributed by atoms with E-state index < -0.39 is 28.4 Å². The highest BCUT2D eigenvalue weighted by Gasteiger charge is 2.27. The number of phenolic OH excluding ortho intramolecular Hbond substituents is 2. The maximum absolute atomic E-state index is 11.8.